The van der Waals surface area contributed by atoms with Crippen molar-refractivity contribution < 1.29 is 140 Å². The number of nitrogens with two attached hydrogens (primary N) is 1. The van der Waals surface area contributed by atoms with Crippen LogP contribution in [0.1, 0.15) is 98.2 Å². The number of hydrogen-bond acceptors (Lipinski definition) is 20. The average molecular weight is 1300 g/mol. The van der Waals surface area contributed by atoms with E-state index in [4.69, 9.17) is 6.07 Å². The van der Waals surface area contributed by atoms with E-state index in [9.17, 15) is 64.7 Å². The summed E-state index contributed by atoms with van der Waals surface area (Å²) in [6, 6.07) is 0. The third-order valence-corrected chi connectivity index (χ3v) is 8.68. The fourth-order valence-electron chi connectivity index (χ4n) is 5.58. The molecular formula is C45H72B4F6IKN11O13. The zero-order chi connectivity index (χ0) is 61.5. The van der Waals surface area contributed by atoms with Crippen molar-refractivity contribution in [2.75, 3.05) is 60.2 Å². The van der Waals surface area contributed by atoms with Gasteiger partial charge in [0, 0.05) is 94.8 Å². The Bertz CT molecular complexity index is 2320. The molecular weight excluding hydrogens is 1230 g/mol. The zero-order valence-corrected chi connectivity index (χ0v) is 52.6. The van der Waals surface area contributed by atoms with E-state index < -0.39 is 42.3 Å². The number of ether oxygens (including phenoxy) is 4. The number of carbonyl (C=O) groups excluding carboxylic acids is 8. The molecule has 0 atom stereocenters. The Morgan fingerprint density at radius 1 is 0.790 bits per heavy atom. The van der Waals surface area contributed by atoms with Crippen molar-refractivity contribution in [2.45, 2.75) is 101 Å². The van der Waals surface area contributed by atoms with Crippen LogP contribution in [0.5, 0.6) is 0 Å². The number of halogens is 7. The molecule has 4 rings (SSSR count). The molecule has 0 bridgehead atoms. The molecule has 3 N–H and O–H groups in total. The number of hydrogen-bond donors (Lipinski definition) is 2. The number of aryl methyl sites for hydroxylation is 6. The largest absolute Gasteiger partial charge is 1.00 e. The summed E-state index contributed by atoms with van der Waals surface area (Å²) in [6.07, 6.45) is -11.6. The van der Waals surface area contributed by atoms with Crippen molar-refractivity contribution >= 4 is 107 Å². The van der Waals surface area contributed by atoms with Gasteiger partial charge in [-0.3, -0.25) is 49.4 Å². The third kappa shape index (κ3) is 41.2. The number of amides is 1. The molecule has 3 aromatic heterocycles. The Hall–Kier alpha value is -4.45. The van der Waals surface area contributed by atoms with Gasteiger partial charge in [-0.25, -0.2) is 19.2 Å². The third-order valence-electron chi connectivity index (χ3n) is 8.68. The molecule has 1 amide bonds. The van der Waals surface area contributed by atoms with E-state index in [1.54, 1.807) is 105 Å². The maximum atomic E-state index is 12.5. The number of rotatable bonds is 15. The second-order valence-electron chi connectivity index (χ2n) is 15.1. The number of aldehydes is 1. The number of esters is 3. The number of nitrogens with zero attached hydrogens (tertiary/aromatic N) is 9. The van der Waals surface area contributed by atoms with E-state index in [0.717, 1.165) is 28.1 Å². The molecule has 24 nitrogen and oxygen atoms in total. The molecule has 0 unspecified atom stereocenters. The van der Waals surface area contributed by atoms with Gasteiger partial charge in [0.15, 0.2) is 17.7 Å². The molecule has 3 aromatic rings. The van der Waals surface area contributed by atoms with Crippen molar-refractivity contribution in [3.63, 3.8) is 0 Å². The number of aromatic nitrogens is 6. The second kappa shape index (κ2) is 50.1. The van der Waals surface area contributed by atoms with Crippen LogP contribution >= 0.6 is 22.4 Å². The van der Waals surface area contributed by atoms with Crippen molar-refractivity contribution in [1.29, 1.82) is 1.34 Å². The molecule has 1 aliphatic heterocycles. The molecule has 81 heavy (non-hydrogen) atoms. The molecule has 1 saturated heterocycles. The van der Waals surface area contributed by atoms with Crippen LogP contribution in [-0.4, -0.2) is 203 Å². The minimum atomic E-state index is -5.71. The van der Waals surface area contributed by atoms with Crippen molar-refractivity contribution in [2.24, 2.45) is 32.1 Å². The van der Waals surface area contributed by atoms with Crippen LogP contribution in [0.3, 0.4) is 0 Å². The molecule has 11 radical (unpaired) electrons. The number of nitrogens with one attached hydrogen (secondary N) is 1. The number of hydrazine groups is 1. The molecule has 36 heteroatoms. The van der Waals surface area contributed by atoms with E-state index in [1.165, 1.54) is 21.0 Å². The minimum absolute atomic E-state index is 0. The summed E-state index contributed by atoms with van der Waals surface area (Å²) in [6.45, 7) is 15.0. The smallest absolute Gasteiger partial charge is 1.00 e. The summed E-state index contributed by atoms with van der Waals surface area (Å²) in [4.78, 5) is 93.6. The van der Waals surface area contributed by atoms with Gasteiger partial charge < -0.3 is 37.1 Å². The van der Waals surface area contributed by atoms with Gasteiger partial charge in [-0.1, -0.05) is 12.6 Å². The SMILES string of the molecule is C.CCOC(=O)/C(CC(C)=O)=N\OC.CCOC(=O)C(=O)CC(C)=O.CCOC(=O)c1cn(C)nc1C.CNN.Cc1nn(C)cc1C=O.Cc1nn(C)cc1CN1CCN(C(=O)OC(C(F)(F)F)C(F)(F)F)CC1.[2H][B].[B-].[B].[B]I.[K+]. The summed E-state index contributed by atoms with van der Waals surface area (Å²) in [5.41, 5.74) is 11.2. The van der Waals surface area contributed by atoms with Crippen LogP contribution in [0.15, 0.2) is 23.7 Å². The van der Waals surface area contributed by atoms with E-state index in [-0.39, 0.29) is 138 Å². The number of carbonyl (C=O) groups is 8. The first-order chi connectivity index (χ1) is 36.4. The number of ketones is 3. The predicted octanol–water partition coefficient (Wildman–Crippen LogP) is 0.365. The summed E-state index contributed by atoms with van der Waals surface area (Å²) in [7, 11) is 12.0. The summed E-state index contributed by atoms with van der Waals surface area (Å²) < 4.78 is 102. The average Bonchev–Trinajstić information content (AvgIpc) is 4.00. The Morgan fingerprint density at radius 2 is 1.21 bits per heavy atom. The van der Waals surface area contributed by atoms with E-state index in [2.05, 4.69) is 64.8 Å². The van der Waals surface area contributed by atoms with Crippen LogP contribution in [0.25, 0.3) is 0 Å². The van der Waals surface area contributed by atoms with Crippen molar-refractivity contribution in [3.8, 4) is 0 Å². The van der Waals surface area contributed by atoms with Gasteiger partial charge in [0.2, 0.25) is 5.78 Å². The molecule has 0 aliphatic carbocycles. The Labute approximate surface area is 533 Å². The summed E-state index contributed by atoms with van der Waals surface area (Å²) in [5.74, 6) is 1.48. The number of alkyl halides is 6. The van der Waals surface area contributed by atoms with E-state index in [1.807, 2.05) is 24.9 Å². The molecule has 1 aliphatic rings. The molecule has 0 saturated carbocycles. The number of oxime groups is 1. The van der Waals surface area contributed by atoms with Gasteiger partial charge in [0.1, 0.15) is 24.2 Å². The first-order valence-corrected chi connectivity index (χ1v) is 23.6. The topological polar surface area (TPSA) is 293 Å². The zero-order valence-electron chi connectivity index (χ0n) is 48.3. The van der Waals surface area contributed by atoms with Crippen LogP contribution in [0.2, 0.25) is 0 Å². The van der Waals surface area contributed by atoms with Crippen LogP contribution < -0.4 is 62.7 Å². The van der Waals surface area contributed by atoms with Crippen LogP contribution in [-0.2, 0) is 75.4 Å². The maximum absolute atomic E-state index is 12.5. The normalized spacial score (nSPS) is 11.3. The fourth-order valence-corrected chi connectivity index (χ4v) is 5.58. The Kier molecular flexibility index (Phi) is 55.9. The number of Topliss-reactive ketones (excluding diaryl/α,β-unsaturated/α-hetero) is 3. The van der Waals surface area contributed by atoms with E-state index >= 15 is 0 Å². The van der Waals surface area contributed by atoms with Gasteiger partial charge in [-0.15, -0.1) is 0 Å². The molecule has 0 spiro atoms. The fraction of sp³-hybridized carbons (Fsp3) is 0.600. The van der Waals surface area contributed by atoms with Gasteiger partial charge >= 0.3 is 87.7 Å². The standard InChI is InChI=1S/C14H18F6N4O2.C8H12N2O2.C8H13NO4.C7H10O4.C6H8N2O.CH6N2.CH4.BI.BH.2B.K/c1-9-10(7-22(2)21-9)8-23-3-5-24(6-4-23)12(25)26-11(13(15,16)17)14(18,19)20;1-4-12-8(11)7-5-10(3)9-6(7)2;1-4-13-8(11)7(9-12-3)5-6(2)10;1-3-11-7(10)6(9)4-5(2)8;1-5-6(4-9)3-8(2)7-5;1-3-2;;1-2;;;;/h7,11H,3-6,8H2,1-2H3;5H,4H2,1-3H3;4-5H2,1-3H3;3-4H2,1-2H3;3-4H,1-2H3;3H,2H2,1H3;1H4;;1H;;;/q;;;;;;;;;;-1;+1/b;;9-7-;;;;;;;;;/i;;;;;;;;1D;;;. The minimum Gasteiger partial charge on any atom is -1.00 e. The number of piperazine rings is 1. The summed E-state index contributed by atoms with van der Waals surface area (Å²) >= 11 is 1.65. The monoisotopic (exact) mass is 1300 g/mol. The maximum Gasteiger partial charge on any atom is 1.00 e. The Morgan fingerprint density at radius 3 is 1.54 bits per heavy atom. The van der Waals surface area contributed by atoms with Crippen LogP contribution in [0.4, 0.5) is 31.1 Å². The molecule has 0 aromatic carbocycles. The van der Waals surface area contributed by atoms with Crippen molar-refractivity contribution in [3.05, 3.63) is 52.4 Å². The quantitative estimate of drug-likeness (QED) is 0.0178. The first kappa shape index (κ1) is 90.3. The second-order valence-corrected chi connectivity index (χ2v) is 15.1. The van der Waals surface area contributed by atoms with E-state index in [0.29, 0.717) is 43.1 Å². The van der Waals surface area contributed by atoms with Gasteiger partial charge in [0.05, 0.1) is 55.3 Å². The van der Waals surface area contributed by atoms with Gasteiger partial charge in [-0.2, -0.15) is 64.0 Å². The molecule has 447 valence electrons. The van der Waals surface area contributed by atoms with Gasteiger partial charge in [0.25, 0.3) is 6.10 Å². The first-order valence-electron chi connectivity index (χ1n) is 22.9. The summed E-state index contributed by atoms with van der Waals surface area (Å²) in [5, 5.41) is 15.6. The molecule has 1 fully saturated rings. The van der Waals surface area contributed by atoms with Gasteiger partial charge in [-0.05, 0) is 63.8 Å². The van der Waals surface area contributed by atoms with Crippen LogP contribution in [0, 0.1) is 20.8 Å². The molecule has 4 heterocycles. The van der Waals surface area contributed by atoms with Crippen molar-refractivity contribution in [1.82, 2.24) is 44.6 Å². The predicted molar refractivity (Wildman–Crippen MR) is 296 cm³/mol. The Balaban J connectivity index is -0.000000141.